The van der Waals surface area contributed by atoms with E-state index in [1.165, 1.54) is 16.7 Å². The molecule has 2 nitrogen and oxygen atoms in total. The first kappa shape index (κ1) is 15.6. The highest BCUT2D eigenvalue weighted by Crippen LogP contribution is 2.16. The summed E-state index contributed by atoms with van der Waals surface area (Å²) in [5.74, 6) is 1.59. The van der Waals surface area contributed by atoms with Crippen molar-refractivity contribution in [1.82, 2.24) is 5.32 Å². The van der Waals surface area contributed by atoms with Crippen LogP contribution in [0, 0.1) is 12.8 Å². The largest absolute Gasteiger partial charge is 0.489 e. The zero-order valence-electron chi connectivity index (χ0n) is 13.2. The van der Waals surface area contributed by atoms with Crippen LogP contribution in [0.25, 0.3) is 0 Å². The maximum absolute atomic E-state index is 5.89. The summed E-state index contributed by atoms with van der Waals surface area (Å²) in [7, 11) is 0. The first-order valence-corrected chi connectivity index (χ1v) is 7.62. The first-order chi connectivity index (χ1) is 10.1. The summed E-state index contributed by atoms with van der Waals surface area (Å²) in [6, 6.07) is 16.7. The van der Waals surface area contributed by atoms with Crippen LogP contribution >= 0.6 is 0 Å². The van der Waals surface area contributed by atoms with Gasteiger partial charge in [-0.3, -0.25) is 0 Å². The molecule has 0 saturated heterocycles. The highest BCUT2D eigenvalue weighted by molar-refractivity contribution is 5.29. The number of rotatable bonds is 7. The lowest BCUT2D eigenvalue weighted by Gasteiger charge is -2.13. The van der Waals surface area contributed by atoms with E-state index in [-0.39, 0.29) is 0 Å². The number of nitrogens with one attached hydrogen (secondary N) is 1. The first-order valence-electron chi connectivity index (χ1n) is 7.62. The van der Waals surface area contributed by atoms with Crippen molar-refractivity contribution in [3.63, 3.8) is 0 Å². The van der Waals surface area contributed by atoms with Crippen molar-refractivity contribution in [3.05, 3.63) is 65.2 Å². The van der Waals surface area contributed by atoms with Gasteiger partial charge in [0.1, 0.15) is 12.4 Å². The molecule has 0 unspecified atom stereocenters. The zero-order valence-corrected chi connectivity index (χ0v) is 13.2. The summed E-state index contributed by atoms with van der Waals surface area (Å²) in [5, 5.41) is 3.49. The monoisotopic (exact) mass is 283 g/mol. The molecule has 0 atom stereocenters. The van der Waals surface area contributed by atoms with Crippen LogP contribution in [0.15, 0.2) is 48.5 Å². The normalized spacial score (nSPS) is 10.9. The molecule has 1 N–H and O–H groups in total. The van der Waals surface area contributed by atoms with Gasteiger partial charge in [-0.2, -0.15) is 0 Å². The Balaban J connectivity index is 1.94. The van der Waals surface area contributed by atoms with E-state index in [1.54, 1.807) is 0 Å². The SMILES string of the molecule is Cc1ccc(OCc2ccccc2CNCC(C)C)cc1. The molecule has 2 aromatic carbocycles. The van der Waals surface area contributed by atoms with Crippen LogP contribution in [0.5, 0.6) is 5.75 Å². The molecule has 0 saturated carbocycles. The molecule has 0 radical (unpaired) electrons. The van der Waals surface area contributed by atoms with E-state index in [4.69, 9.17) is 4.74 Å². The molecule has 0 spiro atoms. The predicted molar refractivity (Wildman–Crippen MR) is 88.5 cm³/mol. The van der Waals surface area contributed by atoms with E-state index in [0.717, 1.165) is 18.8 Å². The van der Waals surface area contributed by atoms with Crippen molar-refractivity contribution < 1.29 is 4.74 Å². The molecule has 0 heterocycles. The molecule has 21 heavy (non-hydrogen) atoms. The fraction of sp³-hybridized carbons (Fsp3) is 0.368. The van der Waals surface area contributed by atoms with Crippen molar-refractivity contribution in [2.45, 2.75) is 33.9 Å². The smallest absolute Gasteiger partial charge is 0.119 e. The van der Waals surface area contributed by atoms with Crippen LogP contribution in [-0.4, -0.2) is 6.54 Å². The number of hydrogen-bond donors (Lipinski definition) is 1. The maximum atomic E-state index is 5.89. The molecule has 0 fully saturated rings. The molecular weight excluding hydrogens is 258 g/mol. The van der Waals surface area contributed by atoms with E-state index in [0.29, 0.717) is 12.5 Å². The van der Waals surface area contributed by atoms with Crippen molar-refractivity contribution in [3.8, 4) is 5.75 Å². The molecule has 2 aromatic rings. The molecule has 2 heteroatoms. The van der Waals surface area contributed by atoms with Gasteiger partial charge in [-0.1, -0.05) is 55.8 Å². The standard InChI is InChI=1S/C19H25NO/c1-15(2)12-20-13-17-6-4-5-7-18(17)14-21-19-10-8-16(3)9-11-19/h4-11,15,20H,12-14H2,1-3H3. The topological polar surface area (TPSA) is 21.3 Å². The second kappa shape index (κ2) is 7.84. The van der Waals surface area contributed by atoms with Crippen LogP contribution in [-0.2, 0) is 13.2 Å². The van der Waals surface area contributed by atoms with Crippen molar-refractivity contribution in [2.24, 2.45) is 5.92 Å². The summed E-state index contributed by atoms with van der Waals surface area (Å²) in [6.07, 6.45) is 0. The number of aryl methyl sites for hydroxylation is 1. The third-order valence-electron chi connectivity index (χ3n) is 3.40. The highest BCUT2D eigenvalue weighted by atomic mass is 16.5. The molecule has 0 aliphatic carbocycles. The number of benzene rings is 2. The second-order valence-corrected chi connectivity index (χ2v) is 5.90. The van der Waals surface area contributed by atoms with Gasteiger partial charge in [-0.15, -0.1) is 0 Å². The maximum Gasteiger partial charge on any atom is 0.119 e. The fourth-order valence-electron chi connectivity index (χ4n) is 2.16. The summed E-state index contributed by atoms with van der Waals surface area (Å²) >= 11 is 0. The lowest BCUT2D eigenvalue weighted by molar-refractivity contribution is 0.304. The molecule has 2 rings (SSSR count). The average Bonchev–Trinajstić information content (AvgIpc) is 2.47. The van der Waals surface area contributed by atoms with Gasteiger partial charge in [-0.05, 0) is 42.6 Å². The van der Waals surface area contributed by atoms with Crippen molar-refractivity contribution >= 4 is 0 Å². The molecule has 0 aromatic heterocycles. The Morgan fingerprint density at radius 2 is 1.62 bits per heavy atom. The summed E-state index contributed by atoms with van der Waals surface area (Å²) in [5.41, 5.74) is 3.81. The molecule has 0 bridgehead atoms. The van der Waals surface area contributed by atoms with Crippen LogP contribution in [0.3, 0.4) is 0 Å². The molecule has 0 aliphatic rings. The minimum Gasteiger partial charge on any atom is -0.489 e. The van der Waals surface area contributed by atoms with Gasteiger partial charge < -0.3 is 10.1 Å². The van der Waals surface area contributed by atoms with Gasteiger partial charge in [0.05, 0.1) is 0 Å². The van der Waals surface area contributed by atoms with Crippen molar-refractivity contribution in [1.29, 1.82) is 0 Å². The minimum absolute atomic E-state index is 0.614. The predicted octanol–water partition coefficient (Wildman–Crippen LogP) is 4.32. The quantitative estimate of drug-likeness (QED) is 0.817. The van der Waals surface area contributed by atoms with Crippen LogP contribution in [0.1, 0.15) is 30.5 Å². The molecule has 112 valence electrons. The highest BCUT2D eigenvalue weighted by Gasteiger charge is 2.03. The average molecular weight is 283 g/mol. The van der Waals surface area contributed by atoms with Crippen LogP contribution in [0.4, 0.5) is 0 Å². The Kier molecular flexibility index (Phi) is 5.82. The summed E-state index contributed by atoms with van der Waals surface area (Å²) in [6.45, 7) is 9.07. The van der Waals surface area contributed by atoms with E-state index in [1.807, 2.05) is 12.1 Å². The molecule has 0 aliphatic heterocycles. The van der Waals surface area contributed by atoms with E-state index in [9.17, 15) is 0 Å². The lowest BCUT2D eigenvalue weighted by Crippen LogP contribution is -2.20. The summed E-state index contributed by atoms with van der Waals surface area (Å²) < 4.78 is 5.89. The van der Waals surface area contributed by atoms with Gasteiger partial charge in [0.25, 0.3) is 0 Å². The number of hydrogen-bond acceptors (Lipinski definition) is 2. The zero-order chi connectivity index (χ0) is 15.1. The fourth-order valence-corrected chi connectivity index (χ4v) is 2.16. The minimum atomic E-state index is 0.614. The Bertz CT molecular complexity index is 546. The Morgan fingerprint density at radius 1 is 0.952 bits per heavy atom. The molecular formula is C19H25NO. The lowest BCUT2D eigenvalue weighted by atomic mass is 10.1. The van der Waals surface area contributed by atoms with Gasteiger partial charge >= 0.3 is 0 Å². The van der Waals surface area contributed by atoms with E-state index in [2.05, 4.69) is 62.5 Å². The van der Waals surface area contributed by atoms with Gasteiger partial charge in [-0.25, -0.2) is 0 Å². The Morgan fingerprint density at radius 3 is 2.29 bits per heavy atom. The van der Waals surface area contributed by atoms with Crippen molar-refractivity contribution in [2.75, 3.05) is 6.54 Å². The number of ether oxygens (including phenoxy) is 1. The van der Waals surface area contributed by atoms with Crippen LogP contribution in [0.2, 0.25) is 0 Å². The third kappa shape index (κ3) is 5.24. The van der Waals surface area contributed by atoms with Gasteiger partial charge in [0.15, 0.2) is 0 Å². The van der Waals surface area contributed by atoms with Gasteiger partial charge in [0, 0.05) is 6.54 Å². The Hall–Kier alpha value is -1.80. The van der Waals surface area contributed by atoms with E-state index < -0.39 is 0 Å². The second-order valence-electron chi connectivity index (χ2n) is 5.90. The van der Waals surface area contributed by atoms with E-state index >= 15 is 0 Å². The van der Waals surface area contributed by atoms with Crippen LogP contribution < -0.4 is 10.1 Å². The Labute approximate surface area is 128 Å². The third-order valence-corrected chi connectivity index (χ3v) is 3.40. The summed E-state index contributed by atoms with van der Waals surface area (Å²) in [4.78, 5) is 0. The van der Waals surface area contributed by atoms with Gasteiger partial charge in [0.2, 0.25) is 0 Å². The molecule has 0 amide bonds.